The number of halogens is 1. The van der Waals surface area contributed by atoms with Crippen LogP contribution in [0.15, 0.2) is 0 Å². The van der Waals surface area contributed by atoms with Crippen molar-refractivity contribution in [2.75, 3.05) is 0 Å². The molecular formula is C8H12IO5S-. The van der Waals surface area contributed by atoms with E-state index in [2.05, 4.69) is 4.74 Å². The molecule has 0 spiro atoms. The van der Waals surface area contributed by atoms with Crippen LogP contribution >= 0.6 is 8.93 Å². The first-order valence-corrected chi connectivity index (χ1v) is 7.49. The molecule has 0 aromatic carbocycles. The Balaban J connectivity index is 4.05. The first kappa shape index (κ1) is 12.8. The summed E-state index contributed by atoms with van der Waals surface area (Å²) < 4.78 is 11.5. The molecule has 0 aliphatic carbocycles. The number of carbonyl (C=O) groups is 3. The fourth-order valence-corrected chi connectivity index (χ4v) is 2.24. The van der Waals surface area contributed by atoms with Crippen molar-refractivity contribution in [1.29, 1.82) is 0.594 Å². The van der Waals surface area contributed by atoms with E-state index < -0.39 is 45.0 Å². The summed E-state index contributed by atoms with van der Waals surface area (Å²) in [5.41, 5.74) is 0. The van der Waals surface area contributed by atoms with Crippen molar-refractivity contribution in [2.45, 2.75) is 26.4 Å². The molecule has 0 saturated heterocycles. The molecule has 7 heteroatoms. The van der Waals surface area contributed by atoms with Gasteiger partial charge in [-0.1, -0.05) is 0 Å². The average molecular weight is 349 g/mol. The van der Waals surface area contributed by atoms with Gasteiger partial charge in [0, 0.05) is 0 Å². The summed E-state index contributed by atoms with van der Waals surface area (Å²) in [4.78, 5) is 32.8. The number of esters is 1. The second-order valence-corrected chi connectivity index (χ2v) is 4.85. The van der Waals surface area contributed by atoms with Crippen LogP contribution in [0.4, 0.5) is 0 Å². The molecule has 0 aliphatic rings. The van der Waals surface area contributed by atoms with Gasteiger partial charge in [-0.25, -0.2) is 0 Å². The monoisotopic (exact) mass is 349 g/mol. The van der Waals surface area contributed by atoms with E-state index in [9.17, 15) is 14.4 Å². The van der Waals surface area contributed by atoms with E-state index >= 15 is 0 Å². The Kier molecular flexibility index (Phi) is 5.99. The number of aliphatic carboxylic acids is 1. The molecule has 1 N–H and O–H groups in total. The average Bonchev–Trinajstić information content (AvgIpc) is 2.17. The third kappa shape index (κ3) is 5.98. The molecule has 0 fully saturated rings. The van der Waals surface area contributed by atoms with Gasteiger partial charge < -0.3 is 0 Å². The molecule has 0 radical (unpaired) electrons. The predicted molar refractivity (Wildman–Crippen MR) is 51.0 cm³/mol. The molecular weight excluding hydrogens is 335 g/mol. The Labute approximate surface area is 104 Å². The zero-order chi connectivity index (χ0) is 12.7. The molecule has 0 bridgehead atoms. The van der Waals surface area contributed by atoms with Crippen molar-refractivity contribution in [3.63, 3.8) is 0 Å². The van der Waals surface area contributed by atoms with Crippen LogP contribution in [0.3, 0.4) is 0 Å². The van der Waals surface area contributed by atoms with E-state index in [0.29, 0.717) is 0 Å². The van der Waals surface area contributed by atoms with Crippen LogP contribution in [0.5, 0.6) is 0 Å². The van der Waals surface area contributed by atoms with Crippen LogP contribution in [-0.2, 0) is 19.1 Å². The Morgan fingerprint density at radius 1 is 1.53 bits per heavy atom. The summed E-state index contributed by atoms with van der Waals surface area (Å²) >= 11 is -0.949. The number of carbonyl (C=O) groups excluding carboxylic acids is 2. The predicted octanol–water partition coefficient (Wildman–Crippen LogP) is -2.51. The van der Waals surface area contributed by atoms with Crippen molar-refractivity contribution in [3.8, 4) is 0 Å². The van der Waals surface area contributed by atoms with Gasteiger partial charge in [0.05, 0.1) is 0 Å². The number of ether oxygens (including phenoxy) is 1. The minimum atomic E-state index is -1.22. The van der Waals surface area contributed by atoms with E-state index in [1.54, 1.807) is 6.92 Å². The van der Waals surface area contributed by atoms with Gasteiger partial charge in [0.25, 0.3) is 0 Å². The Morgan fingerprint density at radius 2 is 2.13 bits per heavy atom. The van der Waals surface area contributed by atoms with Crippen molar-refractivity contribution in [1.82, 2.24) is 0 Å². The molecule has 0 amide bonds. The molecule has 0 unspecified atom stereocenters. The summed E-state index contributed by atoms with van der Waals surface area (Å²) in [6.45, 7) is 2.80. The first-order valence-electron chi connectivity index (χ1n) is 4.51. The number of hydrogen-bond donors (Lipinski definition) is 1. The van der Waals surface area contributed by atoms with E-state index in [1.165, 1.54) is 6.92 Å². The van der Waals surface area contributed by atoms with E-state index in [-0.39, 0.29) is 11.5 Å². The number of carboxylic acids is 1. The normalized spacial score (nSPS) is 15.2. The fourth-order valence-electron chi connectivity index (χ4n) is 0.705. The second kappa shape index (κ2) is 7.04. The standard InChI is InChI=1S/C8H12IO5S/c1-4(8(13)15-9)3-6(10)14-5(2)7(11)12/h4-5,9H,3H2,1-2H3,(H,11,12)/q-1/t4-,5+/m1/s1/i9T. The van der Waals surface area contributed by atoms with Gasteiger partial charge in [0.15, 0.2) is 0 Å². The van der Waals surface area contributed by atoms with Crippen LogP contribution in [0.25, 0.3) is 0 Å². The van der Waals surface area contributed by atoms with Crippen molar-refractivity contribution < 1.29 is 45.2 Å². The van der Waals surface area contributed by atoms with Crippen LogP contribution in [0.2, 0.25) is 0 Å². The number of rotatable bonds is 6. The molecule has 88 valence electrons. The van der Waals surface area contributed by atoms with Crippen LogP contribution in [0.1, 0.15) is 20.3 Å². The Morgan fingerprint density at radius 3 is 2.60 bits per heavy atom. The molecule has 0 aromatic rings. The Bertz CT molecular complexity index is 286. The van der Waals surface area contributed by atoms with Gasteiger partial charge in [0.2, 0.25) is 0 Å². The van der Waals surface area contributed by atoms with Crippen molar-refractivity contribution >= 4 is 26.0 Å². The van der Waals surface area contributed by atoms with Gasteiger partial charge >= 0.3 is 104 Å². The molecule has 0 aliphatic heterocycles. The number of hydrogen-bond acceptors (Lipinski definition) is 5. The molecule has 0 rings (SSSR count). The van der Waals surface area contributed by atoms with Gasteiger partial charge in [-0.3, -0.25) is 0 Å². The van der Waals surface area contributed by atoms with E-state index in [0.717, 1.165) is 8.93 Å². The van der Waals surface area contributed by atoms with Gasteiger partial charge in [-0.15, -0.1) is 0 Å². The van der Waals surface area contributed by atoms with Gasteiger partial charge in [-0.05, 0) is 0 Å². The van der Waals surface area contributed by atoms with Crippen LogP contribution < -0.4 is 21.0 Å². The molecule has 2 atom stereocenters. The topological polar surface area (TPSA) is 80.7 Å². The van der Waals surface area contributed by atoms with Crippen LogP contribution in [-0.4, -0.2) is 28.9 Å². The van der Waals surface area contributed by atoms with E-state index in [4.69, 9.17) is 5.70 Å². The first-order chi connectivity index (χ1) is 7.38. The Hall–Kier alpha value is -0.310. The van der Waals surface area contributed by atoms with Crippen molar-refractivity contribution in [3.05, 3.63) is 0 Å². The summed E-state index contributed by atoms with van der Waals surface area (Å²) in [7, 11) is 0.920. The quantitative estimate of drug-likeness (QED) is 0.422. The summed E-state index contributed by atoms with van der Waals surface area (Å²) in [6, 6.07) is 0. The minimum absolute atomic E-state index is 0.146. The zero-order valence-corrected chi connectivity index (χ0v) is 11.2. The third-order valence-electron chi connectivity index (χ3n) is 1.61. The zero-order valence-electron chi connectivity index (χ0n) is 9.23. The summed E-state index contributed by atoms with van der Waals surface area (Å²) in [5, 5.41) is 8.27. The van der Waals surface area contributed by atoms with Crippen LogP contribution in [0, 0.1) is 5.92 Å². The molecule has 5 nitrogen and oxygen atoms in total. The summed E-state index contributed by atoms with van der Waals surface area (Å²) in [6.07, 6.45) is -1.35. The fraction of sp³-hybridized carbons (Fsp3) is 0.625. The van der Waals surface area contributed by atoms with Crippen molar-refractivity contribution in [2.24, 2.45) is 5.92 Å². The second-order valence-electron chi connectivity index (χ2n) is 2.97. The SMILES string of the molecule is [3H][I-]SC(=O)[C@H](C)CC(=O)O[C@@H](C)C(=O)O. The maximum atomic E-state index is 11.2. The van der Waals surface area contributed by atoms with Gasteiger partial charge in [-0.2, -0.15) is 0 Å². The third-order valence-corrected chi connectivity index (χ3v) is 3.46. The molecule has 15 heavy (non-hydrogen) atoms. The molecule has 0 heterocycles. The molecule has 0 saturated carbocycles. The van der Waals surface area contributed by atoms with E-state index in [1.807, 2.05) is 0 Å². The summed E-state index contributed by atoms with van der Waals surface area (Å²) in [5.74, 6) is -2.47. The number of carboxylic acid groups (broad SMARTS) is 1. The molecule has 0 aromatic heterocycles. The maximum absolute atomic E-state index is 11.2. The van der Waals surface area contributed by atoms with Gasteiger partial charge in [0.1, 0.15) is 0 Å².